The van der Waals surface area contributed by atoms with Crippen molar-refractivity contribution < 1.29 is 9.90 Å². The summed E-state index contributed by atoms with van der Waals surface area (Å²) in [6.07, 6.45) is 3.87. The van der Waals surface area contributed by atoms with E-state index in [0.29, 0.717) is 0 Å². The maximum absolute atomic E-state index is 10.5. The molecule has 0 amide bonds. The monoisotopic (exact) mass is 201 g/mol. The summed E-state index contributed by atoms with van der Waals surface area (Å²) in [4.78, 5) is 10.5. The Bertz CT molecular complexity index is 167. The van der Waals surface area contributed by atoms with E-state index in [1.165, 1.54) is 19.3 Å². The van der Waals surface area contributed by atoms with Crippen LogP contribution in [0.25, 0.3) is 0 Å². The van der Waals surface area contributed by atoms with Gasteiger partial charge in [0.25, 0.3) is 0 Å². The number of hydrogen-bond acceptors (Lipinski definition) is 2. The zero-order chi connectivity index (χ0) is 11.0. The summed E-state index contributed by atoms with van der Waals surface area (Å²) in [6.45, 7) is 7.91. The van der Waals surface area contributed by atoms with Gasteiger partial charge in [0, 0.05) is 6.54 Å². The van der Waals surface area contributed by atoms with Crippen LogP contribution in [0.1, 0.15) is 46.5 Å². The van der Waals surface area contributed by atoms with Crippen molar-refractivity contribution in [3.8, 4) is 0 Å². The van der Waals surface area contributed by atoms with Gasteiger partial charge in [-0.1, -0.05) is 33.6 Å². The molecule has 0 aliphatic rings. The molecule has 2 N–H and O–H groups in total. The van der Waals surface area contributed by atoms with Gasteiger partial charge in [0.15, 0.2) is 0 Å². The third kappa shape index (κ3) is 8.05. The van der Waals surface area contributed by atoms with E-state index in [0.717, 1.165) is 13.1 Å². The van der Waals surface area contributed by atoms with Crippen LogP contribution < -0.4 is 5.32 Å². The molecule has 0 saturated carbocycles. The molecule has 0 aliphatic heterocycles. The van der Waals surface area contributed by atoms with E-state index in [4.69, 9.17) is 5.11 Å². The molecule has 0 saturated heterocycles. The standard InChI is InChI=1S/C11H23NO2/c1-4-5-6-7-12-9-11(2,3)8-10(13)14/h12H,4-9H2,1-3H3,(H,13,14). The van der Waals surface area contributed by atoms with Gasteiger partial charge in [-0.3, -0.25) is 4.79 Å². The zero-order valence-corrected chi connectivity index (χ0v) is 9.60. The number of nitrogens with one attached hydrogen (secondary N) is 1. The SMILES string of the molecule is CCCCCNCC(C)(C)CC(=O)O. The largest absolute Gasteiger partial charge is 0.481 e. The molecule has 3 nitrogen and oxygen atoms in total. The minimum Gasteiger partial charge on any atom is -0.481 e. The number of carbonyl (C=O) groups is 1. The molecule has 0 fully saturated rings. The molecule has 0 rings (SSSR count). The maximum atomic E-state index is 10.5. The Labute approximate surface area is 86.9 Å². The van der Waals surface area contributed by atoms with Crippen LogP contribution in [-0.2, 0) is 4.79 Å². The highest BCUT2D eigenvalue weighted by Crippen LogP contribution is 2.18. The Morgan fingerprint density at radius 1 is 1.36 bits per heavy atom. The lowest BCUT2D eigenvalue weighted by Gasteiger charge is -2.22. The van der Waals surface area contributed by atoms with Crippen molar-refractivity contribution in [3.05, 3.63) is 0 Å². The zero-order valence-electron chi connectivity index (χ0n) is 9.60. The fourth-order valence-electron chi connectivity index (χ4n) is 1.40. The lowest BCUT2D eigenvalue weighted by Crippen LogP contribution is -2.31. The third-order valence-corrected chi connectivity index (χ3v) is 2.19. The Morgan fingerprint density at radius 3 is 2.50 bits per heavy atom. The van der Waals surface area contributed by atoms with Crippen molar-refractivity contribution in [1.82, 2.24) is 5.32 Å². The van der Waals surface area contributed by atoms with Crippen LogP contribution in [0.5, 0.6) is 0 Å². The summed E-state index contributed by atoms with van der Waals surface area (Å²) in [5.41, 5.74) is -0.141. The number of carboxylic acid groups (broad SMARTS) is 1. The van der Waals surface area contributed by atoms with E-state index in [-0.39, 0.29) is 11.8 Å². The third-order valence-electron chi connectivity index (χ3n) is 2.19. The van der Waals surface area contributed by atoms with Crippen LogP contribution in [0, 0.1) is 5.41 Å². The molecule has 0 spiro atoms. The van der Waals surface area contributed by atoms with Crippen molar-refractivity contribution in [1.29, 1.82) is 0 Å². The van der Waals surface area contributed by atoms with Gasteiger partial charge in [-0.2, -0.15) is 0 Å². The topological polar surface area (TPSA) is 49.3 Å². The van der Waals surface area contributed by atoms with E-state index in [1.807, 2.05) is 13.8 Å². The number of unbranched alkanes of at least 4 members (excludes halogenated alkanes) is 2. The van der Waals surface area contributed by atoms with Gasteiger partial charge >= 0.3 is 5.97 Å². The molecule has 84 valence electrons. The van der Waals surface area contributed by atoms with Gasteiger partial charge < -0.3 is 10.4 Å². The van der Waals surface area contributed by atoms with Crippen LogP contribution in [0.3, 0.4) is 0 Å². The fraction of sp³-hybridized carbons (Fsp3) is 0.909. The van der Waals surface area contributed by atoms with Gasteiger partial charge in [0.1, 0.15) is 0 Å². The summed E-state index contributed by atoms with van der Waals surface area (Å²) in [5.74, 6) is -0.717. The Morgan fingerprint density at radius 2 is 2.00 bits per heavy atom. The van der Waals surface area contributed by atoms with Crippen molar-refractivity contribution in [2.45, 2.75) is 46.5 Å². The van der Waals surface area contributed by atoms with Crippen LogP contribution in [0.4, 0.5) is 0 Å². The minimum absolute atomic E-state index is 0.141. The molecule has 0 aliphatic carbocycles. The first-order valence-corrected chi connectivity index (χ1v) is 5.40. The molecular formula is C11H23NO2. The average Bonchev–Trinajstić information content (AvgIpc) is 2.01. The second-order valence-electron chi connectivity index (χ2n) is 4.62. The smallest absolute Gasteiger partial charge is 0.303 e. The Hall–Kier alpha value is -0.570. The highest BCUT2D eigenvalue weighted by atomic mass is 16.4. The summed E-state index contributed by atoms with van der Waals surface area (Å²) in [6, 6.07) is 0. The van der Waals surface area contributed by atoms with Crippen molar-refractivity contribution in [2.24, 2.45) is 5.41 Å². The first kappa shape index (κ1) is 13.4. The molecule has 0 aromatic rings. The highest BCUT2D eigenvalue weighted by Gasteiger charge is 2.20. The predicted molar refractivity (Wildman–Crippen MR) is 58.4 cm³/mol. The first-order chi connectivity index (χ1) is 6.48. The van der Waals surface area contributed by atoms with Crippen LogP contribution in [0.15, 0.2) is 0 Å². The van der Waals surface area contributed by atoms with Crippen molar-refractivity contribution >= 4 is 5.97 Å². The molecule has 0 unspecified atom stereocenters. The number of rotatable bonds is 8. The summed E-state index contributed by atoms with van der Waals surface area (Å²) < 4.78 is 0. The average molecular weight is 201 g/mol. The van der Waals surface area contributed by atoms with Gasteiger partial charge in [0.05, 0.1) is 6.42 Å². The van der Waals surface area contributed by atoms with Crippen LogP contribution >= 0.6 is 0 Å². The summed E-state index contributed by atoms with van der Waals surface area (Å²) >= 11 is 0. The second-order valence-corrected chi connectivity index (χ2v) is 4.62. The van der Waals surface area contributed by atoms with Crippen molar-refractivity contribution in [3.63, 3.8) is 0 Å². The van der Waals surface area contributed by atoms with E-state index in [1.54, 1.807) is 0 Å². The molecule has 0 heterocycles. The molecule has 0 radical (unpaired) electrons. The molecule has 0 aromatic heterocycles. The quantitative estimate of drug-likeness (QED) is 0.592. The van der Waals surface area contributed by atoms with E-state index in [9.17, 15) is 4.79 Å². The van der Waals surface area contributed by atoms with Gasteiger partial charge in [0.2, 0.25) is 0 Å². The normalized spacial score (nSPS) is 11.6. The molecule has 3 heteroatoms. The second kappa shape index (κ2) is 6.82. The van der Waals surface area contributed by atoms with Crippen LogP contribution in [0.2, 0.25) is 0 Å². The van der Waals surface area contributed by atoms with E-state index in [2.05, 4.69) is 12.2 Å². The molecule has 0 bridgehead atoms. The van der Waals surface area contributed by atoms with Gasteiger partial charge in [-0.25, -0.2) is 0 Å². The maximum Gasteiger partial charge on any atom is 0.303 e. The Kier molecular flexibility index (Phi) is 6.54. The van der Waals surface area contributed by atoms with Crippen LogP contribution in [-0.4, -0.2) is 24.2 Å². The highest BCUT2D eigenvalue weighted by molar-refractivity contribution is 5.67. The van der Waals surface area contributed by atoms with Crippen molar-refractivity contribution in [2.75, 3.05) is 13.1 Å². The molecule has 0 aromatic carbocycles. The number of aliphatic carboxylic acids is 1. The molecular weight excluding hydrogens is 178 g/mol. The fourth-order valence-corrected chi connectivity index (χ4v) is 1.40. The summed E-state index contributed by atoms with van der Waals surface area (Å²) in [5, 5.41) is 12.0. The number of hydrogen-bond donors (Lipinski definition) is 2. The molecule has 14 heavy (non-hydrogen) atoms. The molecule has 0 atom stereocenters. The van der Waals surface area contributed by atoms with E-state index >= 15 is 0 Å². The lowest BCUT2D eigenvalue weighted by atomic mass is 9.89. The van der Waals surface area contributed by atoms with E-state index < -0.39 is 5.97 Å². The Balaban J connectivity index is 3.50. The first-order valence-electron chi connectivity index (χ1n) is 5.40. The minimum atomic E-state index is -0.717. The van der Waals surface area contributed by atoms with Gasteiger partial charge in [-0.15, -0.1) is 0 Å². The summed E-state index contributed by atoms with van der Waals surface area (Å²) in [7, 11) is 0. The van der Waals surface area contributed by atoms with Gasteiger partial charge in [-0.05, 0) is 18.4 Å². The predicted octanol–water partition coefficient (Wildman–Crippen LogP) is 2.27. The number of carboxylic acids is 1. The lowest BCUT2D eigenvalue weighted by molar-refractivity contribution is -0.139.